The summed E-state index contributed by atoms with van der Waals surface area (Å²) in [4.78, 5) is 10.6. The first-order valence-corrected chi connectivity index (χ1v) is 4.31. The molecule has 3 nitrogen and oxygen atoms in total. The highest BCUT2D eigenvalue weighted by Crippen LogP contribution is 2.12. The van der Waals surface area contributed by atoms with Crippen molar-refractivity contribution >= 4 is 18.4 Å². The maximum absolute atomic E-state index is 13.1. The van der Waals surface area contributed by atoms with Gasteiger partial charge in [-0.25, -0.2) is 4.39 Å². The summed E-state index contributed by atoms with van der Waals surface area (Å²) in [6.07, 6.45) is 0.137. The van der Waals surface area contributed by atoms with Gasteiger partial charge in [0.1, 0.15) is 5.82 Å². The van der Waals surface area contributed by atoms with Crippen LogP contribution in [-0.2, 0) is 11.2 Å². The molecule has 0 saturated heterocycles. The zero-order valence-electron chi connectivity index (χ0n) is 8.02. The Kier molecular flexibility index (Phi) is 5.89. The van der Waals surface area contributed by atoms with E-state index in [0.29, 0.717) is 5.56 Å². The quantitative estimate of drug-likeness (QED) is 0.828. The molecule has 1 aromatic rings. The molecule has 0 heterocycles. The minimum atomic E-state index is -0.990. The van der Waals surface area contributed by atoms with Gasteiger partial charge in [-0.1, -0.05) is 18.2 Å². The highest BCUT2D eigenvalue weighted by molar-refractivity contribution is 5.85. The van der Waals surface area contributed by atoms with Crippen LogP contribution in [0.25, 0.3) is 0 Å². The summed E-state index contributed by atoms with van der Waals surface area (Å²) < 4.78 is 13.1. The van der Waals surface area contributed by atoms with Gasteiger partial charge in [-0.05, 0) is 18.1 Å². The fraction of sp³-hybridized carbons (Fsp3) is 0.300. The van der Waals surface area contributed by atoms with Gasteiger partial charge in [0.05, 0.1) is 5.92 Å². The van der Waals surface area contributed by atoms with E-state index in [1.54, 1.807) is 18.2 Å². The van der Waals surface area contributed by atoms with Crippen molar-refractivity contribution in [1.82, 2.24) is 0 Å². The van der Waals surface area contributed by atoms with E-state index >= 15 is 0 Å². The van der Waals surface area contributed by atoms with Crippen LogP contribution < -0.4 is 5.73 Å². The van der Waals surface area contributed by atoms with E-state index < -0.39 is 11.9 Å². The Morgan fingerprint density at radius 2 is 2.07 bits per heavy atom. The molecule has 0 saturated carbocycles. The van der Waals surface area contributed by atoms with Crippen molar-refractivity contribution in [2.75, 3.05) is 6.54 Å². The number of hydrogen-bond donors (Lipinski definition) is 2. The number of hydrogen-bond acceptors (Lipinski definition) is 2. The molecule has 0 aromatic heterocycles. The second kappa shape index (κ2) is 6.37. The lowest BCUT2D eigenvalue weighted by Crippen LogP contribution is -2.25. The van der Waals surface area contributed by atoms with Crippen LogP contribution in [0.2, 0.25) is 0 Å². The molecule has 0 bridgehead atoms. The Morgan fingerprint density at radius 1 is 1.47 bits per heavy atom. The fourth-order valence-electron chi connectivity index (χ4n) is 1.20. The van der Waals surface area contributed by atoms with Crippen molar-refractivity contribution in [3.63, 3.8) is 0 Å². The third-order valence-corrected chi connectivity index (χ3v) is 2.06. The second-order valence-electron chi connectivity index (χ2n) is 3.07. The van der Waals surface area contributed by atoms with Crippen LogP contribution in [0.15, 0.2) is 24.3 Å². The predicted molar refractivity (Wildman–Crippen MR) is 57.5 cm³/mol. The number of rotatable bonds is 4. The normalized spacial score (nSPS) is 11.6. The maximum Gasteiger partial charge on any atom is 0.308 e. The van der Waals surface area contributed by atoms with E-state index in [1.165, 1.54) is 6.07 Å². The van der Waals surface area contributed by atoms with Crippen LogP contribution in [-0.4, -0.2) is 17.6 Å². The molecule has 1 aromatic carbocycles. The van der Waals surface area contributed by atoms with Gasteiger partial charge in [-0.15, -0.1) is 12.4 Å². The zero-order chi connectivity index (χ0) is 10.6. The SMILES string of the molecule is Cl.NC[C@H](Cc1ccccc1F)C(=O)O. The highest BCUT2D eigenvalue weighted by Gasteiger charge is 2.17. The van der Waals surface area contributed by atoms with E-state index in [2.05, 4.69) is 0 Å². The summed E-state index contributed by atoms with van der Waals surface area (Å²) in [5, 5.41) is 8.72. The van der Waals surface area contributed by atoms with Crippen molar-refractivity contribution in [3.8, 4) is 0 Å². The Bertz CT molecular complexity index is 333. The standard InChI is InChI=1S/C10H12FNO2.ClH/c11-9-4-2-1-3-7(9)5-8(6-12)10(13)14;/h1-4,8H,5-6,12H2,(H,13,14);1H/t8-;/m0./s1. The summed E-state index contributed by atoms with van der Waals surface area (Å²) in [6, 6.07) is 6.12. The Labute approximate surface area is 93.5 Å². The number of carboxylic acids is 1. The minimum absolute atomic E-state index is 0. The molecule has 0 aliphatic heterocycles. The van der Waals surface area contributed by atoms with Gasteiger partial charge in [0.15, 0.2) is 0 Å². The monoisotopic (exact) mass is 233 g/mol. The first kappa shape index (κ1) is 13.9. The average molecular weight is 234 g/mol. The molecule has 1 rings (SSSR count). The van der Waals surface area contributed by atoms with Crippen LogP contribution >= 0.6 is 12.4 Å². The zero-order valence-corrected chi connectivity index (χ0v) is 8.84. The lowest BCUT2D eigenvalue weighted by Gasteiger charge is -2.09. The molecular formula is C10H13ClFNO2. The van der Waals surface area contributed by atoms with Gasteiger partial charge < -0.3 is 10.8 Å². The Morgan fingerprint density at radius 3 is 2.53 bits per heavy atom. The molecule has 0 radical (unpaired) electrons. The predicted octanol–water partition coefficient (Wildman–Crippen LogP) is 1.45. The van der Waals surface area contributed by atoms with Crippen molar-refractivity contribution in [3.05, 3.63) is 35.6 Å². The Balaban J connectivity index is 0.00000196. The summed E-state index contributed by atoms with van der Waals surface area (Å²) in [6.45, 7) is 0.0175. The smallest absolute Gasteiger partial charge is 0.308 e. The van der Waals surface area contributed by atoms with E-state index in [1.807, 2.05) is 0 Å². The topological polar surface area (TPSA) is 63.3 Å². The lowest BCUT2D eigenvalue weighted by molar-refractivity contribution is -0.141. The molecular weight excluding hydrogens is 221 g/mol. The van der Waals surface area contributed by atoms with Gasteiger partial charge in [0.2, 0.25) is 0 Å². The van der Waals surface area contributed by atoms with Gasteiger partial charge in [0.25, 0.3) is 0 Å². The summed E-state index contributed by atoms with van der Waals surface area (Å²) in [7, 11) is 0. The number of benzene rings is 1. The lowest BCUT2D eigenvalue weighted by atomic mass is 9.99. The number of carbonyl (C=O) groups is 1. The molecule has 0 spiro atoms. The maximum atomic E-state index is 13.1. The number of halogens is 2. The molecule has 0 fully saturated rings. The molecule has 0 amide bonds. The van der Waals surface area contributed by atoms with Gasteiger partial charge in [-0.2, -0.15) is 0 Å². The first-order chi connectivity index (χ1) is 6.65. The van der Waals surface area contributed by atoms with Gasteiger partial charge in [-0.3, -0.25) is 4.79 Å². The molecule has 3 N–H and O–H groups in total. The van der Waals surface area contributed by atoms with E-state index in [0.717, 1.165) is 0 Å². The van der Waals surface area contributed by atoms with Crippen molar-refractivity contribution in [2.24, 2.45) is 11.7 Å². The average Bonchev–Trinajstić information content (AvgIpc) is 2.16. The summed E-state index contributed by atoms with van der Waals surface area (Å²) in [5.74, 6) is -2.09. The van der Waals surface area contributed by atoms with Crippen LogP contribution in [0.3, 0.4) is 0 Å². The van der Waals surface area contributed by atoms with Gasteiger partial charge >= 0.3 is 5.97 Å². The van der Waals surface area contributed by atoms with E-state index in [9.17, 15) is 9.18 Å². The van der Waals surface area contributed by atoms with Crippen LogP contribution in [0.1, 0.15) is 5.56 Å². The third-order valence-electron chi connectivity index (χ3n) is 2.06. The molecule has 15 heavy (non-hydrogen) atoms. The minimum Gasteiger partial charge on any atom is -0.481 e. The number of aliphatic carboxylic acids is 1. The Hall–Kier alpha value is -1.13. The molecule has 0 unspecified atom stereocenters. The molecule has 0 aliphatic carbocycles. The van der Waals surface area contributed by atoms with Crippen LogP contribution in [0.5, 0.6) is 0 Å². The first-order valence-electron chi connectivity index (χ1n) is 4.31. The molecule has 5 heteroatoms. The van der Waals surface area contributed by atoms with E-state index in [4.69, 9.17) is 10.8 Å². The van der Waals surface area contributed by atoms with E-state index in [-0.39, 0.29) is 31.2 Å². The molecule has 84 valence electrons. The van der Waals surface area contributed by atoms with Crippen molar-refractivity contribution in [1.29, 1.82) is 0 Å². The summed E-state index contributed by atoms with van der Waals surface area (Å²) >= 11 is 0. The van der Waals surface area contributed by atoms with Crippen LogP contribution in [0.4, 0.5) is 4.39 Å². The third kappa shape index (κ3) is 3.85. The summed E-state index contributed by atoms with van der Waals surface area (Å²) in [5.41, 5.74) is 5.66. The fourth-order valence-corrected chi connectivity index (χ4v) is 1.20. The van der Waals surface area contributed by atoms with Gasteiger partial charge in [0, 0.05) is 6.54 Å². The molecule has 1 atom stereocenters. The highest BCUT2D eigenvalue weighted by atomic mass is 35.5. The van der Waals surface area contributed by atoms with Crippen LogP contribution in [0, 0.1) is 11.7 Å². The van der Waals surface area contributed by atoms with Crippen molar-refractivity contribution < 1.29 is 14.3 Å². The molecule has 0 aliphatic rings. The second-order valence-corrected chi connectivity index (χ2v) is 3.07. The van der Waals surface area contributed by atoms with Crippen molar-refractivity contribution in [2.45, 2.75) is 6.42 Å². The number of nitrogens with two attached hydrogens (primary N) is 1. The largest absolute Gasteiger partial charge is 0.481 e. The number of carboxylic acid groups (broad SMARTS) is 1.